The molecule has 0 saturated heterocycles. The lowest BCUT2D eigenvalue weighted by Gasteiger charge is -2.28. The van der Waals surface area contributed by atoms with Gasteiger partial charge in [-0.2, -0.15) is 0 Å². The van der Waals surface area contributed by atoms with Gasteiger partial charge in [0.05, 0.1) is 0 Å². The molecule has 0 radical (unpaired) electrons. The van der Waals surface area contributed by atoms with Gasteiger partial charge in [0.15, 0.2) is 0 Å². The predicted octanol–water partition coefficient (Wildman–Crippen LogP) is 18.4. The quantitative estimate of drug-likeness (QED) is 0.124. The van der Waals surface area contributed by atoms with Crippen LogP contribution in [0.1, 0.15) is 187 Å². The first-order valence-electron chi connectivity index (χ1n) is 24.5. The molecular weight excluding hydrogens is 745 g/mol. The molecule has 0 amide bonds. The maximum atomic E-state index is 2.36. The highest BCUT2D eigenvalue weighted by Gasteiger charge is 2.26. The number of hydrogen-bond donors (Lipinski definition) is 0. The van der Waals surface area contributed by atoms with Gasteiger partial charge in [0.2, 0.25) is 0 Å². The molecule has 5 aromatic rings. The number of rotatable bonds is 11. The summed E-state index contributed by atoms with van der Waals surface area (Å²) in [6.45, 7) is 56.0. The van der Waals surface area contributed by atoms with Crippen molar-refractivity contribution in [2.45, 2.75) is 218 Å². The van der Waals surface area contributed by atoms with E-state index in [1.165, 1.54) is 196 Å². The summed E-state index contributed by atoms with van der Waals surface area (Å²) < 4.78 is 0. The van der Waals surface area contributed by atoms with Crippen LogP contribution in [0, 0.1) is 138 Å². The summed E-state index contributed by atoms with van der Waals surface area (Å²) >= 11 is 0. The van der Waals surface area contributed by atoms with Crippen LogP contribution in [0.25, 0.3) is 33.4 Å². The van der Waals surface area contributed by atoms with Crippen LogP contribution in [0.4, 0.5) is 0 Å². The first-order chi connectivity index (χ1) is 29.0. The normalized spacial score (nSPS) is 11.4. The van der Waals surface area contributed by atoms with Crippen molar-refractivity contribution >= 4 is 0 Å². The Labute approximate surface area is 382 Å². The van der Waals surface area contributed by atoms with Crippen LogP contribution in [0.5, 0.6) is 0 Å². The molecule has 0 aliphatic rings. The van der Waals surface area contributed by atoms with Crippen LogP contribution in [0.2, 0.25) is 0 Å². The second kappa shape index (κ2) is 20.3. The van der Waals surface area contributed by atoms with Crippen LogP contribution >= 0.6 is 0 Å². The molecule has 0 spiro atoms. The molecule has 5 rings (SSSR count). The third kappa shape index (κ3) is 8.68. The van der Waals surface area contributed by atoms with Crippen LogP contribution in [-0.2, 0) is 25.7 Å². The van der Waals surface area contributed by atoms with Crippen molar-refractivity contribution < 1.29 is 0 Å². The fraction of sp³-hybridized carbons (Fsp3) is 0.516. The Bertz CT molecular complexity index is 2200. The lowest BCUT2D eigenvalue weighted by Crippen LogP contribution is -2.09. The van der Waals surface area contributed by atoms with E-state index in [4.69, 9.17) is 0 Å². The third-order valence-corrected chi connectivity index (χ3v) is 16.5. The molecular formula is C62H88. The van der Waals surface area contributed by atoms with Crippen molar-refractivity contribution in [1.82, 2.24) is 0 Å². The summed E-state index contributed by atoms with van der Waals surface area (Å²) in [5, 5.41) is 0. The van der Waals surface area contributed by atoms with Crippen molar-refractivity contribution in [2.75, 3.05) is 0 Å². The monoisotopic (exact) mass is 833 g/mol. The third-order valence-electron chi connectivity index (χ3n) is 16.5. The van der Waals surface area contributed by atoms with Crippen LogP contribution in [-0.4, -0.2) is 0 Å². The largest absolute Gasteiger partial charge is 0.0651 e. The van der Waals surface area contributed by atoms with Crippen molar-refractivity contribution in [2.24, 2.45) is 0 Å². The van der Waals surface area contributed by atoms with Gasteiger partial charge in [0, 0.05) is 0 Å². The first-order valence-corrected chi connectivity index (χ1v) is 24.5. The van der Waals surface area contributed by atoms with Crippen LogP contribution in [0.3, 0.4) is 0 Å². The molecule has 0 fully saturated rings. The minimum Gasteiger partial charge on any atom is -0.0651 e. The Hall–Kier alpha value is -3.90. The molecule has 0 N–H and O–H groups in total. The van der Waals surface area contributed by atoms with E-state index in [1.54, 1.807) is 22.3 Å². The van der Waals surface area contributed by atoms with Gasteiger partial charge in [-0.15, -0.1) is 0 Å². The Morgan fingerprint density at radius 2 is 0.258 bits per heavy atom. The summed E-state index contributed by atoms with van der Waals surface area (Å²) in [7, 11) is 0. The molecule has 0 aliphatic heterocycles. The van der Waals surface area contributed by atoms with Gasteiger partial charge in [-0.1, -0.05) is 53.4 Å². The molecule has 336 valence electrons. The molecule has 0 nitrogen and oxygen atoms in total. The summed E-state index contributed by atoms with van der Waals surface area (Å²) in [5.41, 5.74) is 44.5. The molecule has 0 heteroatoms. The zero-order valence-electron chi connectivity index (χ0n) is 44.7. The highest BCUT2D eigenvalue weighted by atomic mass is 14.3. The smallest absolute Gasteiger partial charge is 0.0114 e. The average Bonchev–Trinajstić information content (AvgIpc) is 3.24. The minimum atomic E-state index is 1.17. The van der Waals surface area contributed by atoms with Gasteiger partial charge >= 0.3 is 0 Å². The molecule has 0 aliphatic carbocycles. The Morgan fingerprint density at radius 3 is 0.355 bits per heavy atom. The summed E-state index contributed by atoms with van der Waals surface area (Å²) in [6, 6.07) is 0. The lowest BCUT2D eigenvalue weighted by atomic mass is 9.76. The summed E-state index contributed by atoms with van der Waals surface area (Å²) in [4.78, 5) is 0. The maximum absolute atomic E-state index is 2.36. The Morgan fingerprint density at radius 1 is 0.161 bits per heavy atom. The van der Waals surface area contributed by atoms with Gasteiger partial charge in [-0.25, -0.2) is 0 Å². The molecule has 62 heavy (non-hydrogen) atoms. The fourth-order valence-electron chi connectivity index (χ4n) is 11.6. The zero-order chi connectivity index (χ0) is 47.0. The standard InChI is InChI=1S/C36H50.C26H38/c1-15-17-31-19(3)23(7)33(24(8)20(31)4)35-27(11)29(13)36(30(14)28(35)12)34-25(9)21(5)32(18-16-2)22(6)26(34)10;1-11-13-23-15(3)19(7)25(20(8)16(23)4)26-21(9)17(5)24(14-12-2)18(6)22(26)10/h15-18H2,1-14H3;11-14H2,1-10H3. The van der Waals surface area contributed by atoms with Crippen molar-refractivity contribution in [1.29, 1.82) is 0 Å². The van der Waals surface area contributed by atoms with Gasteiger partial charge < -0.3 is 0 Å². The first kappa shape index (κ1) is 50.7. The van der Waals surface area contributed by atoms with Gasteiger partial charge in [-0.05, 0) is 331 Å². The van der Waals surface area contributed by atoms with Crippen molar-refractivity contribution in [3.63, 3.8) is 0 Å². The molecule has 0 unspecified atom stereocenters. The minimum absolute atomic E-state index is 1.17. The van der Waals surface area contributed by atoms with Gasteiger partial charge in [0.25, 0.3) is 0 Å². The van der Waals surface area contributed by atoms with Gasteiger partial charge in [0.1, 0.15) is 0 Å². The highest BCUT2D eigenvalue weighted by molar-refractivity contribution is 5.89. The SMILES string of the molecule is CCCc1c(C)c(C)c(-c2c(C)c(C)c(-c3c(C)c(C)c(CCC)c(C)c3C)c(C)c2C)c(C)c1C.CCCc1c(C)c(C)c(-c2c(C)c(C)c(CCC)c(C)c2C)c(C)c1C. The van der Waals surface area contributed by atoms with E-state index in [2.05, 4.69) is 166 Å². The van der Waals surface area contributed by atoms with E-state index in [-0.39, 0.29) is 0 Å². The van der Waals surface area contributed by atoms with E-state index in [0.29, 0.717) is 0 Å². The molecule has 5 aromatic carbocycles. The van der Waals surface area contributed by atoms with Gasteiger partial charge in [-0.3, -0.25) is 0 Å². The molecule has 0 atom stereocenters. The van der Waals surface area contributed by atoms with E-state index >= 15 is 0 Å². The molecule has 0 saturated carbocycles. The molecule has 0 bridgehead atoms. The van der Waals surface area contributed by atoms with E-state index < -0.39 is 0 Å². The second-order valence-corrected chi connectivity index (χ2v) is 19.7. The fourth-order valence-corrected chi connectivity index (χ4v) is 11.6. The van der Waals surface area contributed by atoms with Crippen molar-refractivity contribution in [3.05, 3.63) is 134 Å². The van der Waals surface area contributed by atoms with E-state index in [0.717, 1.165) is 0 Å². The van der Waals surface area contributed by atoms with E-state index in [9.17, 15) is 0 Å². The van der Waals surface area contributed by atoms with E-state index in [1.807, 2.05) is 0 Å². The maximum Gasteiger partial charge on any atom is -0.0114 e. The summed E-state index contributed by atoms with van der Waals surface area (Å²) in [6.07, 6.45) is 9.51. The Balaban J connectivity index is 0.000000287. The number of hydrogen-bond acceptors (Lipinski definition) is 0. The predicted molar refractivity (Wildman–Crippen MR) is 280 cm³/mol. The number of benzene rings is 5. The van der Waals surface area contributed by atoms with Crippen LogP contribution < -0.4 is 0 Å². The zero-order valence-corrected chi connectivity index (χ0v) is 44.7. The molecule has 0 heterocycles. The second-order valence-electron chi connectivity index (χ2n) is 19.7. The topological polar surface area (TPSA) is 0 Å². The summed E-state index contributed by atoms with van der Waals surface area (Å²) in [5.74, 6) is 0. The lowest BCUT2D eigenvalue weighted by molar-refractivity contribution is 0.894. The highest BCUT2D eigenvalue weighted by Crippen LogP contribution is 2.46. The average molecular weight is 833 g/mol. The molecule has 0 aromatic heterocycles. The van der Waals surface area contributed by atoms with Crippen molar-refractivity contribution in [3.8, 4) is 33.4 Å². The van der Waals surface area contributed by atoms with Crippen LogP contribution in [0.15, 0.2) is 0 Å². The Kier molecular flexibility index (Phi) is 16.6.